The van der Waals surface area contributed by atoms with Crippen molar-refractivity contribution in [3.63, 3.8) is 0 Å². The number of nitrogens with zero attached hydrogens (tertiary/aromatic N) is 5. The van der Waals surface area contributed by atoms with E-state index in [9.17, 15) is 0 Å². The molecular formula is C13H14N6S. The summed E-state index contributed by atoms with van der Waals surface area (Å²) in [7, 11) is 0. The zero-order valence-corrected chi connectivity index (χ0v) is 11.8. The molecule has 2 aromatic heterocycles. The Labute approximate surface area is 120 Å². The van der Waals surface area contributed by atoms with Gasteiger partial charge in [0, 0.05) is 23.1 Å². The van der Waals surface area contributed by atoms with Crippen LogP contribution in [0.25, 0.3) is 11.4 Å². The third-order valence-electron chi connectivity index (χ3n) is 2.76. The zero-order chi connectivity index (χ0) is 13.8. The number of nitrogens with one attached hydrogen (secondary N) is 1. The van der Waals surface area contributed by atoms with Crippen LogP contribution in [0, 0.1) is 0 Å². The highest BCUT2D eigenvalue weighted by atomic mass is 32.1. The summed E-state index contributed by atoms with van der Waals surface area (Å²) in [6.07, 6.45) is 3.23. The van der Waals surface area contributed by atoms with E-state index in [0.717, 1.165) is 23.1 Å². The van der Waals surface area contributed by atoms with Crippen LogP contribution in [0.15, 0.2) is 43.0 Å². The molecule has 0 amide bonds. The molecule has 3 aromatic rings. The maximum atomic E-state index is 4.50. The van der Waals surface area contributed by atoms with Gasteiger partial charge in [-0.05, 0) is 6.92 Å². The summed E-state index contributed by atoms with van der Waals surface area (Å²) in [5.41, 5.74) is 1.03. The summed E-state index contributed by atoms with van der Waals surface area (Å²) in [5, 5.41) is 8.23. The smallest absolute Gasteiger partial charge is 0.203 e. The Hall–Kier alpha value is -2.28. The second kappa shape index (κ2) is 5.79. The first kappa shape index (κ1) is 12.7. The van der Waals surface area contributed by atoms with Crippen LogP contribution in [0.3, 0.4) is 0 Å². The number of benzene rings is 1. The lowest BCUT2D eigenvalue weighted by Crippen LogP contribution is -2.22. The van der Waals surface area contributed by atoms with Crippen molar-refractivity contribution < 1.29 is 0 Å². The molecule has 3 rings (SSSR count). The first-order chi connectivity index (χ1) is 9.81. The predicted molar refractivity (Wildman–Crippen MR) is 78.5 cm³/mol. The largest absolute Gasteiger partial charge is 0.356 e. The van der Waals surface area contributed by atoms with Gasteiger partial charge in [-0.25, -0.2) is 4.98 Å². The van der Waals surface area contributed by atoms with Crippen molar-refractivity contribution in [2.24, 2.45) is 0 Å². The van der Waals surface area contributed by atoms with Gasteiger partial charge in [0.25, 0.3) is 0 Å². The molecule has 0 fully saturated rings. The van der Waals surface area contributed by atoms with Gasteiger partial charge < -0.3 is 5.32 Å². The molecule has 1 aromatic carbocycles. The number of aromatic nitrogens is 5. The van der Waals surface area contributed by atoms with E-state index in [4.69, 9.17) is 0 Å². The van der Waals surface area contributed by atoms with Crippen LogP contribution >= 0.6 is 11.5 Å². The highest BCUT2D eigenvalue weighted by molar-refractivity contribution is 7.09. The lowest BCUT2D eigenvalue weighted by atomic mass is 10.2. The molecule has 6 nitrogen and oxygen atoms in total. The van der Waals surface area contributed by atoms with Crippen LogP contribution in [-0.4, -0.2) is 30.2 Å². The Morgan fingerprint density at radius 2 is 2.15 bits per heavy atom. The molecule has 20 heavy (non-hydrogen) atoms. The molecule has 2 heterocycles. The quantitative estimate of drug-likeness (QED) is 0.779. The molecule has 0 bridgehead atoms. The van der Waals surface area contributed by atoms with Gasteiger partial charge >= 0.3 is 0 Å². The summed E-state index contributed by atoms with van der Waals surface area (Å²) in [6.45, 7) is 2.81. The van der Waals surface area contributed by atoms with E-state index in [1.165, 1.54) is 17.9 Å². The van der Waals surface area contributed by atoms with Gasteiger partial charge in [0.1, 0.15) is 12.7 Å². The summed E-state index contributed by atoms with van der Waals surface area (Å²) in [5.74, 6) is 0.756. The Morgan fingerprint density at radius 3 is 2.90 bits per heavy atom. The number of hydrogen-bond donors (Lipinski definition) is 1. The van der Waals surface area contributed by atoms with Crippen molar-refractivity contribution in [1.82, 2.24) is 24.1 Å². The molecule has 0 radical (unpaired) electrons. The minimum atomic E-state index is 0.202. The molecule has 7 heteroatoms. The predicted octanol–water partition coefficient (Wildman–Crippen LogP) is 2.30. The third-order valence-corrected chi connectivity index (χ3v) is 3.40. The Morgan fingerprint density at radius 1 is 1.30 bits per heavy atom. The summed E-state index contributed by atoms with van der Waals surface area (Å²) < 4.78 is 6.16. The number of hydrogen-bond acceptors (Lipinski definition) is 6. The lowest BCUT2D eigenvalue weighted by molar-refractivity contribution is 0.559. The summed E-state index contributed by atoms with van der Waals surface area (Å²) >= 11 is 1.37. The molecule has 0 unspecified atom stereocenters. The Bertz CT molecular complexity index is 649. The van der Waals surface area contributed by atoms with Crippen LogP contribution in [0.4, 0.5) is 5.13 Å². The molecule has 102 valence electrons. The molecule has 0 saturated heterocycles. The maximum absolute atomic E-state index is 4.50. The highest BCUT2D eigenvalue weighted by Gasteiger charge is 2.09. The normalized spacial score (nSPS) is 12.2. The molecule has 0 aliphatic rings. The van der Waals surface area contributed by atoms with Crippen LogP contribution < -0.4 is 5.32 Å². The van der Waals surface area contributed by atoms with Crippen molar-refractivity contribution in [3.8, 4) is 11.4 Å². The van der Waals surface area contributed by atoms with Crippen LogP contribution in [0.5, 0.6) is 0 Å². The van der Waals surface area contributed by atoms with Gasteiger partial charge in [-0.2, -0.15) is 14.5 Å². The fourth-order valence-corrected chi connectivity index (χ4v) is 2.55. The van der Waals surface area contributed by atoms with E-state index >= 15 is 0 Å². The molecule has 1 N–H and O–H groups in total. The third kappa shape index (κ3) is 3.00. The van der Waals surface area contributed by atoms with Crippen molar-refractivity contribution in [3.05, 3.63) is 43.0 Å². The van der Waals surface area contributed by atoms with Crippen LogP contribution in [0.2, 0.25) is 0 Å². The second-order valence-corrected chi connectivity index (χ2v) is 5.20. The summed E-state index contributed by atoms with van der Waals surface area (Å²) in [6, 6.07) is 10.2. The SMILES string of the molecule is C[C@@H](Cn1cncn1)Nc1nc(-c2ccccc2)ns1. The molecule has 0 spiro atoms. The van der Waals surface area contributed by atoms with Gasteiger partial charge in [-0.3, -0.25) is 4.68 Å². The molecule has 0 aliphatic carbocycles. The van der Waals surface area contributed by atoms with Crippen molar-refractivity contribution in [1.29, 1.82) is 0 Å². The van der Waals surface area contributed by atoms with E-state index in [1.807, 2.05) is 30.3 Å². The maximum Gasteiger partial charge on any atom is 0.203 e. The van der Waals surface area contributed by atoms with Gasteiger partial charge in [-0.1, -0.05) is 30.3 Å². The van der Waals surface area contributed by atoms with Crippen molar-refractivity contribution >= 4 is 16.7 Å². The van der Waals surface area contributed by atoms with E-state index in [1.54, 1.807) is 11.0 Å². The topological polar surface area (TPSA) is 68.5 Å². The fraction of sp³-hybridized carbons (Fsp3) is 0.231. The molecule has 1 atom stereocenters. The highest BCUT2D eigenvalue weighted by Crippen LogP contribution is 2.21. The average molecular weight is 286 g/mol. The van der Waals surface area contributed by atoms with Crippen LogP contribution in [0.1, 0.15) is 6.92 Å². The fourth-order valence-electron chi connectivity index (χ4n) is 1.85. The monoisotopic (exact) mass is 286 g/mol. The van der Waals surface area contributed by atoms with Gasteiger partial charge in [0.2, 0.25) is 5.13 Å². The van der Waals surface area contributed by atoms with E-state index in [-0.39, 0.29) is 6.04 Å². The second-order valence-electron chi connectivity index (χ2n) is 4.45. The van der Waals surface area contributed by atoms with Crippen LogP contribution in [-0.2, 0) is 6.54 Å². The minimum absolute atomic E-state index is 0.202. The Kier molecular flexibility index (Phi) is 3.69. The average Bonchev–Trinajstić information content (AvgIpc) is 3.11. The lowest BCUT2D eigenvalue weighted by Gasteiger charge is -2.11. The molecule has 0 aliphatic heterocycles. The first-order valence-corrected chi connectivity index (χ1v) is 7.06. The first-order valence-electron chi connectivity index (χ1n) is 6.29. The minimum Gasteiger partial charge on any atom is -0.356 e. The van der Waals surface area contributed by atoms with E-state index in [2.05, 4.69) is 31.7 Å². The van der Waals surface area contributed by atoms with Gasteiger partial charge in [-0.15, -0.1) is 0 Å². The number of rotatable bonds is 5. The summed E-state index contributed by atoms with van der Waals surface area (Å²) in [4.78, 5) is 8.43. The number of anilines is 1. The molecule has 0 saturated carbocycles. The Balaban J connectivity index is 1.65. The van der Waals surface area contributed by atoms with Gasteiger partial charge in [0.05, 0.1) is 6.54 Å². The zero-order valence-electron chi connectivity index (χ0n) is 11.0. The van der Waals surface area contributed by atoms with Crippen molar-refractivity contribution in [2.75, 3.05) is 5.32 Å². The van der Waals surface area contributed by atoms with E-state index < -0.39 is 0 Å². The standard InChI is InChI=1S/C13H14N6S/c1-10(7-19-9-14-8-15-19)16-13-17-12(18-20-13)11-5-3-2-4-6-11/h2-6,8-10H,7H2,1H3,(H,16,17,18)/t10-/m0/s1. The van der Waals surface area contributed by atoms with Crippen molar-refractivity contribution in [2.45, 2.75) is 19.5 Å². The van der Waals surface area contributed by atoms with E-state index in [0.29, 0.717) is 0 Å². The van der Waals surface area contributed by atoms with Gasteiger partial charge in [0.15, 0.2) is 5.82 Å². The molecular weight excluding hydrogens is 272 g/mol.